The van der Waals surface area contributed by atoms with Gasteiger partial charge in [-0.15, -0.1) is 13.2 Å². The molecule has 0 fully saturated rings. The molecule has 0 bridgehead atoms. The fourth-order valence-electron chi connectivity index (χ4n) is 2.81. The van der Waals surface area contributed by atoms with Gasteiger partial charge in [0.2, 0.25) is 0 Å². The van der Waals surface area contributed by atoms with E-state index in [0.717, 1.165) is 44.1 Å². The molecule has 24 heavy (non-hydrogen) atoms. The average Bonchev–Trinajstić information content (AvgIpc) is 2.55. The van der Waals surface area contributed by atoms with Crippen LogP contribution in [0.3, 0.4) is 0 Å². The number of carbonyl (C=O) groups is 2. The molecule has 1 rings (SSSR count). The van der Waals surface area contributed by atoms with Gasteiger partial charge in [-0.1, -0.05) is 24.3 Å². The topological polar surface area (TPSA) is 80.3 Å². The lowest BCUT2D eigenvalue weighted by atomic mass is 9.89. The highest BCUT2D eigenvalue weighted by Gasteiger charge is 2.15. The molecular weight excluding hydrogens is 304 g/mol. The van der Waals surface area contributed by atoms with Gasteiger partial charge >= 0.3 is 0 Å². The fourth-order valence-corrected chi connectivity index (χ4v) is 2.81. The predicted octanol–water partition coefficient (Wildman–Crippen LogP) is 2.21. The number of unbranched alkanes of at least 4 members (excludes halogenated alkanes) is 4. The number of benzene rings is 1. The van der Waals surface area contributed by atoms with Gasteiger partial charge in [0.25, 0.3) is 0 Å². The van der Waals surface area contributed by atoms with Crippen molar-refractivity contribution in [1.82, 2.24) is 0 Å². The van der Waals surface area contributed by atoms with Crippen LogP contribution in [-0.4, -0.2) is 11.9 Å². The molecule has 0 aliphatic carbocycles. The maximum absolute atomic E-state index is 11.5. The molecule has 0 N–H and O–H groups in total. The molecule has 0 aliphatic heterocycles. The van der Waals surface area contributed by atoms with E-state index in [2.05, 4.69) is 13.2 Å². The summed E-state index contributed by atoms with van der Waals surface area (Å²) in [6, 6.07) is 3.02. The Morgan fingerprint density at radius 1 is 0.875 bits per heavy atom. The number of hydrogen-bond acceptors (Lipinski definition) is 4. The first kappa shape index (κ1) is 19.7. The number of hydrogen-bond donors (Lipinski definition) is 0. The highest BCUT2D eigenvalue weighted by Crippen LogP contribution is 2.23. The Labute approximate surface area is 143 Å². The van der Waals surface area contributed by atoms with Gasteiger partial charge in [0, 0.05) is 11.1 Å². The fraction of sp³-hybridized carbons (Fsp3) is 0.400. The largest absolute Gasteiger partial charge is 0.545 e. The van der Waals surface area contributed by atoms with Crippen molar-refractivity contribution in [3.63, 3.8) is 0 Å². The van der Waals surface area contributed by atoms with Gasteiger partial charge in [-0.25, -0.2) is 0 Å². The van der Waals surface area contributed by atoms with E-state index >= 15 is 0 Å². The van der Waals surface area contributed by atoms with Crippen molar-refractivity contribution >= 4 is 11.9 Å². The number of aromatic carboxylic acids is 2. The van der Waals surface area contributed by atoms with Crippen LogP contribution >= 0.6 is 0 Å². The highest BCUT2D eigenvalue weighted by molar-refractivity contribution is 6.01. The summed E-state index contributed by atoms with van der Waals surface area (Å²) < 4.78 is 0. The molecule has 4 nitrogen and oxygen atoms in total. The molecule has 0 radical (unpaired) electrons. The molecule has 0 aliphatic rings. The molecule has 1 aromatic carbocycles. The lowest BCUT2D eigenvalue weighted by Crippen LogP contribution is -2.31. The first-order chi connectivity index (χ1) is 11.5. The van der Waals surface area contributed by atoms with E-state index in [0.29, 0.717) is 18.4 Å². The molecule has 0 unspecified atom stereocenters. The molecule has 1 aromatic rings. The Morgan fingerprint density at radius 2 is 1.46 bits per heavy atom. The van der Waals surface area contributed by atoms with Crippen molar-refractivity contribution in [2.75, 3.05) is 0 Å². The molecule has 0 saturated carbocycles. The summed E-state index contributed by atoms with van der Waals surface area (Å²) in [7, 11) is 0. The Hall–Kier alpha value is -2.36. The van der Waals surface area contributed by atoms with Crippen LogP contribution in [0.15, 0.2) is 37.4 Å². The number of aryl methyl sites for hydroxylation is 1. The summed E-state index contributed by atoms with van der Waals surface area (Å²) in [5, 5.41) is 22.8. The molecule has 4 heteroatoms. The molecule has 0 saturated heterocycles. The summed E-state index contributed by atoms with van der Waals surface area (Å²) >= 11 is 0. The van der Waals surface area contributed by atoms with E-state index in [9.17, 15) is 19.8 Å². The van der Waals surface area contributed by atoms with E-state index in [1.807, 2.05) is 12.2 Å². The van der Waals surface area contributed by atoms with Crippen molar-refractivity contribution < 1.29 is 19.8 Å². The molecular formula is C20H24O4-2. The molecule has 0 amide bonds. The van der Waals surface area contributed by atoms with Crippen LogP contribution in [0.5, 0.6) is 0 Å². The van der Waals surface area contributed by atoms with Gasteiger partial charge in [-0.3, -0.25) is 0 Å². The maximum atomic E-state index is 11.5. The van der Waals surface area contributed by atoms with E-state index in [1.54, 1.807) is 6.07 Å². The molecule has 0 spiro atoms. The van der Waals surface area contributed by atoms with Crippen molar-refractivity contribution in [1.29, 1.82) is 0 Å². The Kier molecular flexibility index (Phi) is 8.55. The van der Waals surface area contributed by atoms with Crippen LogP contribution in [0.4, 0.5) is 0 Å². The van der Waals surface area contributed by atoms with Gasteiger partial charge in [0.15, 0.2) is 0 Å². The van der Waals surface area contributed by atoms with Gasteiger partial charge in [0.05, 0.1) is 11.9 Å². The second-order valence-corrected chi connectivity index (χ2v) is 5.77. The monoisotopic (exact) mass is 328 g/mol. The molecule has 0 aromatic heterocycles. The van der Waals surface area contributed by atoms with Crippen LogP contribution in [-0.2, 0) is 12.8 Å². The van der Waals surface area contributed by atoms with Crippen LogP contribution < -0.4 is 10.2 Å². The summed E-state index contributed by atoms with van der Waals surface area (Å²) in [5.74, 6) is -2.94. The zero-order chi connectivity index (χ0) is 17.9. The number of carbonyl (C=O) groups excluding carboxylic acids is 2. The number of rotatable bonds is 12. The van der Waals surface area contributed by atoms with E-state index < -0.39 is 11.9 Å². The first-order valence-corrected chi connectivity index (χ1v) is 8.32. The lowest BCUT2D eigenvalue weighted by molar-refractivity contribution is -0.259. The second-order valence-electron chi connectivity index (χ2n) is 5.77. The minimum Gasteiger partial charge on any atom is -0.545 e. The van der Waals surface area contributed by atoms with Crippen LogP contribution in [0.1, 0.15) is 70.4 Å². The number of allylic oxidation sites excluding steroid dienone is 2. The number of carboxylic acid groups (broad SMARTS) is 2. The maximum Gasteiger partial charge on any atom is 0.0724 e. The van der Waals surface area contributed by atoms with Gasteiger partial charge in [-0.2, -0.15) is 0 Å². The Bertz CT molecular complexity index is 602. The van der Waals surface area contributed by atoms with Gasteiger partial charge in [0.1, 0.15) is 0 Å². The smallest absolute Gasteiger partial charge is 0.0724 e. The first-order valence-electron chi connectivity index (χ1n) is 8.32. The Morgan fingerprint density at radius 3 is 1.96 bits per heavy atom. The molecule has 0 atom stereocenters. The third kappa shape index (κ3) is 5.69. The lowest BCUT2D eigenvalue weighted by Gasteiger charge is -2.20. The van der Waals surface area contributed by atoms with Gasteiger partial charge in [-0.05, 0) is 62.5 Å². The summed E-state index contributed by atoms with van der Waals surface area (Å²) in [5.41, 5.74) is 0.916. The van der Waals surface area contributed by atoms with Crippen molar-refractivity contribution in [3.05, 3.63) is 59.7 Å². The standard InChI is InChI=1S/C20H26O4/c1-3-5-7-9-11-15-13-14-17(19(21)22)18(20(23)24)16(15)12-10-8-6-4-2/h3-4,13-14H,1-2,5-12H2,(H,21,22)(H,23,24)/p-2. The van der Waals surface area contributed by atoms with E-state index in [4.69, 9.17) is 0 Å². The Balaban J connectivity index is 3.12. The predicted molar refractivity (Wildman–Crippen MR) is 90.6 cm³/mol. The highest BCUT2D eigenvalue weighted by atomic mass is 16.4. The van der Waals surface area contributed by atoms with E-state index in [-0.39, 0.29) is 11.1 Å². The zero-order valence-corrected chi connectivity index (χ0v) is 14.0. The van der Waals surface area contributed by atoms with Crippen molar-refractivity contribution in [3.8, 4) is 0 Å². The van der Waals surface area contributed by atoms with Crippen molar-refractivity contribution in [2.24, 2.45) is 0 Å². The van der Waals surface area contributed by atoms with Crippen molar-refractivity contribution in [2.45, 2.75) is 51.4 Å². The summed E-state index contributed by atoms with van der Waals surface area (Å²) in [4.78, 5) is 22.8. The zero-order valence-electron chi connectivity index (χ0n) is 14.0. The van der Waals surface area contributed by atoms with Crippen LogP contribution in [0, 0.1) is 0 Å². The third-order valence-corrected chi connectivity index (χ3v) is 4.02. The third-order valence-electron chi connectivity index (χ3n) is 4.02. The van der Waals surface area contributed by atoms with Crippen LogP contribution in [0.2, 0.25) is 0 Å². The normalized spacial score (nSPS) is 10.3. The van der Waals surface area contributed by atoms with E-state index in [1.165, 1.54) is 6.07 Å². The SMILES string of the molecule is C=CCCCCc1ccc(C(=O)[O-])c(C(=O)[O-])c1CCCCC=C. The van der Waals surface area contributed by atoms with Crippen LogP contribution in [0.25, 0.3) is 0 Å². The summed E-state index contributed by atoms with van der Waals surface area (Å²) in [6.07, 6.45) is 10.1. The average molecular weight is 328 g/mol. The number of carboxylic acids is 2. The second kappa shape index (κ2) is 10.4. The van der Waals surface area contributed by atoms with Gasteiger partial charge < -0.3 is 19.8 Å². The minimum atomic E-state index is -1.49. The quantitative estimate of drug-likeness (QED) is 0.435. The minimum absolute atomic E-state index is 0.227. The molecule has 130 valence electrons. The molecule has 0 heterocycles. The summed E-state index contributed by atoms with van der Waals surface area (Å²) in [6.45, 7) is 7.35.